The lowest BCUT2D eigenvalue weighted by Gasteiger charge is -2.48. The van der Waals surface area contributed by atoms with Gasteiger partial charge in [-0.3, -0.25) is 4.79 Å². The van der Waals surface area contributed by atoms with Crippen molar-refractivity contribution in [1.82, 2.24) is 4.90 Å². The fraction of sp³-hybridized carbons (Fsp3) is 0.520. The van der Waals surface area contributed by atoms with Crippen LogP contribution in [0, 0.1) is 5.92 Å². The van der Waals surface area contributed by atoms with E-state index in [-0.39, 0.29) is 30.6 Å². The number of β-lactam (4-membered cyclic amide) rings is 1. The number of carbonyl (C=O) groups excluding carboxylic acids is 2. The van der Waals surface area contributed by atoms with Gasteiger partial charge in [0.1, 0.15) is 18.1 Å². The Balaban J connectivity index is 1.68. The minimum absolute atomic E-state index is 0.0537. The normalized spacial score (nSPS) is 21.2. The number of carbonyl (C=O) groups is 2. The van der Waals surface area contributed by atoms with Gasteiger partial charge in [-0.15, -0.1) is 0 Å². The molecular weight excluding hydrogens is 422 g/mol. The first-order chi connectivity index (χ1) is 15.3. The number of hydrogen-bond acceptors (Lipinski definition) is 5. The van der Waals surface area contributed by atoms with Gasteiger partial charge in [0.05, 0.1) is 25.2 Å². The Kier molecular flexibility index (Phi) is 7.62. The van der Waals surface area contributed by atoms with Gasteiger partial charge in [0.2, 0.25) is 5.91 Å². The van der Waals surface area contributed by atoms with Crippen molar-refractivity contribution < 1.29 is 23.5 Å². The molecule has 0 N–H and O–H groups in total. The summed E-state index contributed by atoms with van der Waals surface area (Å²) in [5.41, 5.74) is 1.95. The van der Waals surface area contributed by atoms with Gasteiger partial charge in [-0.25, -0.2) is 4.79 Å². The molecule has 0 spiro atoms. The number of hydrogen-bond donors (Lipinski definition) is 0. The summed E-state index contributed by atoms with van der Waals surface area (Å²) >= 11 is 0. The number of allylic oxidation sites excluding steroid dienone is 1. The van der Waals surface area contributed by atoms with Gasteiger partial charge in [-0.2, -0.15) is 0 Å². The number of amides is 1. The maximum absolute atomic E-state index is 13.1. The van der Waals surface area contributed by atoms with Crippen molar-refractivity contribution in [1.29, 1.82) is 0 Å². The molecule has 32 heavy (non-hydrogen) atoms. The molecule has 0 bridgehead atoms. The average Bonchev–Trinajstić information content (AvgIpc) is 3.15. The lowest BCUT2D eigenvalue weighted by molar-refractivity contribution is -0.162. The van der Waals surface area contributed by atoms with Gasteiger partial charge in [0.25, 0.3) is 0 Å². The van der Waals surface area contributed by atoms with Crippen LogP contribution in [-0.4, -0.2) is 44.3 Å². The lowest BCUT2D eigenvalue weighted by atomic mass is 9.83. The van der Waals surface area contributed by atoms with Crippen LogP contribution in [0.4, 0.5) is 0 Å². The summed E-state index contributed by atoms with van der Waals surface area (Å²) in [7, 11) is -0.221. The minimum Gasteiger partial charge on any atom is -0.497 e. The van der Waals surface area contributed by atoms with Gasteiger partial charge in [0.15, 0.2) is 8.32 Å². The predicted molar refractivity (Wildman–Crippen MR) is 126 cm³/mol. The number of rotatable bonds is 11. The molecule has 1 aromatic carbocycles. The molecule has 0 aliphatic carbocycles. The highest BCUT2D eigenvalue weighted by atomic mass is 28.4. The topological polar surface area (TPSA) is 65.1 Å². The van der Waals surface area contributed by atoms with Crippen molar-refractivity contribution in [3.8, 4) is 5.75 Å². The summed E-state index contributed by atoms with van der Waals surface area (Å²) in [5.74, 6) is -0.0291. The summed E-state index contributed by atoms with van der Waals surface area (Å²) < 4.78 is 17.3. The summed E-state index contributed by atoms with van der Waals surface area (Å²) in [6, 6.07) is 10.4. The quantitative estimate of drug-likeness (QED) is 0.271. The number of methoxy groups -OCH3 is 1. The van der Waals surface area contributed by atoms with Gasteiger partial charge >= 0.3 is 5.97 Å². The zero-order chi connectivity index (χ0) is 23.5. The monoisotopic (exact) mass is 457 g/mol. The van der Waals surface area contributed by atoms with Crippen molar-refractivity contribution in [2.24, 2.45) is 5.92 Å². The molecule has 1 amide bonds. The molecule has 1 aromatic rings. The van der Waals surface area contributed by atoms with Crippen LogP contribution < -0.4 is 4.74 Å². The molecule has 0 saturated carbocycles. The maximum Gasteiger partial charge on any atom is 0.355 e. The fourth-order valence-corrected chi connectivity index (χ4v) is 7.80. The summed E-state index contributed by atoms with van der Waals surface area (Å²) in [6.45, 7) is 12.6. The van der Waals surface area contributed by atoms with E-state index in [2.05, 4.69) is 27.4 Å². The second kappa shape index (κ2) is 10.0. The standard InChI is InChI=1S/C25H35NO5Si/c1-7-19-15-21-22(17(5)31-32(8-2,9-3)10-4)24(27)26(21)23(19)25(28)30-16-18-11-13-20(29-6)14-12-18/h7,11-14,17,21-22H,1,8-10,15-16H2,2-6H3/t17-,21-,22-/m1/s1. The van der Waals surface area contributed by atoms with E-state index in [4.69, 9.17) is 13.9 Å². The van der Waals surface area contributed by atoms with Gasteiger partial charge in [-0.1, -0.05) is 45.6 Å². The molecule has 3 atom stereocenters. The molecule has 1 saturated heterocycles. The van der Waals surface area contributed by atoms with Crippen molar-refractivity contribution in [3.63, 3.8) is 0 Å². The highest BCUT2D eigenvalue weighted by Crippen LogP contribution is 2.45. The average molecular weight is 458 g/mol. The number of esters is 1. The fourth-order valence-electron chi connectivity index (χ4n) is 4.87. The lowest BCUT2D eigenvalue weighted by Crippen LogP contribution is -2.63. The van der Waals surface area contributed by atoms with Crippen LogP contribution in [0.3, 0.4) is 0 Å². The minimum atomic E-state index is -1.83. The molecule has 174 valence electrons. The molecule has 1 fully saturated rings. The molecular formula is C25H35NO5Si. The molecule has 7 heteroatoms. The Labute approximate surface area is 192 Å². The second-order valence-corrected chi connectivity index (χ2v) is 13.3. The first-order valence-corrected chi connectivity index (χ1v) is 14.0. The SMILES string of the molecule is C=CC1=C(C(=O)OCc2ccc(OC)cc2)N2C(=O)[C@H]([C@@H](C)O[Si](CC)(CC)CC)[C@H]2C1. The molecule has 6 nitrogen and oxygen atoms in total. The van der Waals surface area contributed by atoms with E-state index in [1.54, 1.807) is 18.1 Å². The largest absolute Gasteiger partial charge is 0.497 e. The molecule has 2 aliphatic heterocycles. The Morgan fingerprint density at radius 1 is 1.22 bits per heavy atom. The zero-order valence-electron chi connectivity index (χ0n) is 19.8. The van der Waals surface area contributed by atoms with Crippen LogP contribution in [0.2, 0.25) is 18.1 Å². The summed E-state index contributed by atoms with van der Waals surface area (Å²) in [5, 5.41) is 0. The Bertz CT molecular complexity index is 882. The maximum atomic E-state index is 13.1. The van der Waals surface area contributed by atoms with Gasteiger partial charge < -0.3 is 18.8 Å². The predicted octanol–water partition coefficient (Wildman–Crippen LogP) is 4.82. The van der Waals surface area contributed by atoms with E-state index >= 15 is 0 Å². The first-order valence-electron chi connectivity index (χ1n) is 11.5. The first kappa shape index (κ1) is 24.3. The highest BCUT2D eigenvalue weighted by Gasteiger charge is 2.57. The Morgan fingerprint density at radius 3 is 2.38 bits per heavy atom. The van der Waals surface area contributed by atoms with E-state index < -0.39 is 14.3 Å². The van der Waals surface area contributed by atoms with E-state index in [9.17, 15) is 9.59 Å². The molecule has 2 heterocycles. The van der Waals surface area contributed by atoms with Crippen LogP contribution in [0.1, 0.15) is 39.7 Å². The van der Waals surface area contributed by atoms with Crippen molar-refractivity contribution >= 4 is 20.2 Å². The van der Waals surface area contributed by atoms with E-state index in [1.807, 2.05) is 31.2 Å². The van der Waals surface area contributed by atoms with E-state index in [0.717, 1.165) is 35.0 Å². The third kappa shape index (κ3) is 4.41. The second-order valence-electron chi connectivity index (χ2n) is 8.57. The van der Waals surface area contributed by atoms with Crippen LogP contribution >= 0.6 is 0 Å². The van der Waals surface area contributed by atoms with Crippen LogP contribution in [0.25, 0.3) is 0 Å². The van der Waals surface area contributed by atoms with E-state index in [0.29, 0.717) is 12.1 Å². The summed E-state index contributed by atoms with van der Waals surface area (Å²) in [6.07, 6.45) is 2.12. The van der Waals surface area contributed by atoms with E-state index in [1.165, 1.54) is 0 Å². The van der Waals surface area contributed by atoms with Gasteiger partial charge in [-0.05, 0) is 54.7 Å². The number of nitrogens with zero attached hydrogens (tertiary/aromatic N) is 1. The van der Waals surface area contributed by atoms with Crippen LogP contribution in [0.5, 0.6) is 5.75 Å². The summed E-state index contributed by atoms with van der Waals surface area (Å²) in [4.78, 5) is 27.6. The van der Waals surface area contributed by atoms with Crippen LogP contribution in [0.15, 0.2) is 48.2 Å². The Morgan fingerprint density at radius 2 is 1.84 bits per heavy atom. The van der Waals surface area contributed by atoms with Crippen molar-refractivity contribution in [2.75, 3.05) is 7.11 Å². The third-order valence-electron chi connectivity index (χ3n) is 7.09. The number of benzene rings is 1. The molecule has 3 rings (SSSR count). The molecule has 0 radical (unpaired) electrons. The zero-order valence-corrected chi connectivity index (χ0v) is 20.8. The Hall–Kier alpha value is -2.38. The molecule has 2 aliphatic rings. The van der Waals surface area contributed by atoms with Crippen LogP contribution in [-0.2, 0) is 25.4 Å². The van der Waals surface area contributed by atoms with Crippen molar-refractivity contribution in [2.45, 2.75) is 71.0 Å². The third-order valence-corrected chi connectivity index (χ3v) is 11.8. The van der Waals surface area contributed by atoms with Crippen molar-refractivity contribution in [3.05, 3.63) is 53.8 Å². The number of fused-ring (bicyclic) bond motifs is 1. The van der Waals surface area contributed by atoms with Gasteiger partial charge in [0, 0.05) is 0 Å². The smallest absolute Gasteiger partial charge is 0.355 e. The number of ether oxygens (including phenoxy) is 2. The molecule has 0 aromatic heterocycles. The molecule has 0 unspecified atom stereocenters. The highest BCUT2D eigenvalue weighted by molar-refractivity contribution is 6.73.